The Balaban J connectivity index is 1.81. The molecule has 0 aromatic heterocycles. The van der Waals surface area contributed by atoms with Crippen LogP contribution in [0.15, 0.2) is 18.2 Å². The highest BCUT2D eigenvalue weighted by Crippen LogP contribution is 2.23. The number of amides is 2. The Morgan fingerprint density at radius 2 is 2.00 bits per heavy atom. The molecule has 1 heterocycles. The number of likely N-dealkylation sites (tertiary alicyclic amines) is 1. The van der Waals surface area contributed by atoms with E-state index in [9.17, 15) is 14.4 Å². The number of primary amides is 1. The predicted molar refractivity (Wildman–Crippen MR) is 89.6 cm³/mol. The standard InChI is InChI=1S/C16H18Cl2N2O4/c17-12-4-3-10(6-13(12)18)7-15(22)24-9-14(21)20-5-1-2-11(8-20)16(19)23/h3-4,6,11H,1-2,5,7-9H2,(H2,19,23)/t11-/m0/s1. The molecule has 1 atom stereocenters. The number of ether oxygens (including phenoxy) is 1. The lowest BCUT2D eigenvalue weighted by Gasteiger charge is -2.31. The van der Waals surface area contributed by atoms with Gasteiger partial charge in [-0.25, -0.2) is 0 Å². The van der Waals surface area contributed by atoms with Gasteiger partial charge < -0.3 is 15.4 Å². The van der Waals surface area contributed by atoms with E-state index in [4.69, 9.17) is 33.7 Å². The molecule has 0 radical (unpaired) electrons. The van der Waals surface area contributed by atoms with E-state index in [0.717, 1.165) is 0 Å². The van der Waals surface area contributed by atoms with Gasteiger partial charge in [0.25, 0.3) is 5.91 Å². The number of nitrogens with zero attached hydrogens (tertiary/aromatic N) is 1. The van der Waals surface area contributed by atoms with E-state index in [1.807, 2.05) is 0 Å². The molecule has 2 rings (SSSR count). The van der Waals surface area contributed by atoms with Crippen molar-refractivity contribution in [2.24, 2.45) is 11.7 Å². The van der Waals surface area contributed by atoms with Crippen molar-refractivity contribution in [2.45, 2.75) is 19.3 Å². The minimum atomic E-state index is -0.537. The van der Waals surface area contributed by atoms with Gasteiger partial charge in [0.1, 0.15) is 0 Å². The molecular weight excluding hydrogens is 355 g/mol. The average Bonchev–Trinajstić information content (AvgIpc) is 2.56. The molecule has 1 aromatic rings. The Labute approximate surface area is 149 Å². The van der Waals surface area contributed by atoms with Gasteiger partial charge in [-0.15, -0.1) is 0 Å². The Morgan fingerprint density at radius 1 is 1.25 bits per heavy atom. The van der Waals surface area contributed by atoms with Crippen molar-refractivity contribution >= 4 is 41.0 Å². The zero-order valence-electron chi connectivity index (χ0n) is 13.0. The normalized spacial score (nSPS) is 17.4. The number of carbonyl (C=O) groups excluding carboxylic acids is 3. The fourth-order valence-corrected chi connectivity index (χ4v) is 2.86. The van der Waals surface area contributed by atoms with Crippen LogP contribution < -0.4 is 5.73 Å². The average molecular weight is 373 g/mol. The zero-order valence-corrected chi connectivity index (χ0v) is 14.5. The quantitative estimate of drug-likeness (QED) is 0.797. The summed E-state index contributed by atoms with van der Waals surface area (Å²) in [4.78, 5) is 36.6. The van der Waals surface area contributed by atoms with E-state index in [1.165, 1.54) is 4.90 Å². The van der Waals surface area contributed by atoms with Crippen LogP contribution in [0, 0.1) is 5.92 Å². The fourth-order valence-electron chi connectivity index (χ4n) is 2.54. The van der Waals surface area contributed by atoms with Crippen molar-refractivity contribution in [3.05, 3.63) is 33.8 Å². The van der Waals surface area contributed by atoms with Crippen LogP contribution >= 0.6 is 23.2 Å². The first-order chi connectivity index (χ1) is 11.4. The third-order valence-electron chi connectivity index (χ3n) is 3.87. The second-order valence-electron chi connectivity index (χ2n) is 5.67. The Hall–Kier alpha value is -1.79. The smallest absolute Gasteiger partial charge is 0.310 e. The topological polar surface area (TPSA) is 89.7 Å². The van der Waals surface area contributed by atoms with Gasteiger partial charge in [-0.05, 0) is 30.5 Å². The van der Waals surface area contributed by atoms with Crippen molar-refractivity contribution < 1.29 is 19.1 Å². The molecule has 6 nitrogen and oxygen atoms in total. The number of hydrogen-bond donors (Lipinski definition) is 1. The molecule has 8 heteroatoms. The lowest BCUT2D eigenvalue weighted by atomic mass is 9.97. The second kappa shape index (κ2) is 8.35. The number of nitrogens with two attached hydrogens (primary N) is 1. The van der Waals surface area contributed by atoms with Crippen LogP contribution in [0.4, 0.5) is 0 Å². The Bertz CT molecular complexity index is 651. The van der Waals surface area contributed by atoms with Crippen LogP contribution in [0.2, 0.25) is 10.0 Å². The first-order valence-corrected chi connectivity index (χ1v) is 8.29. The number of rotatable bonds is 5. The predicted octanol–water partition coefficient (Wildman–Crippen LogP) is 1.80. The van der Waals surface area contributed by atoms with Crippen molar-refractivity contribution in [1.82, 2.24) is 4.90 Å². The number of hydrogen-bond acceptors (Lipinski definition) is 4. The number of piperidine rings is 1. The monoisotopic (exact) mass is 372 g/mol. The van der Waals surface area contributed by atoms with Gasteiger partial charge in [0, 0.05) is 13.1 Å². The molecule has 2 amide bonds. The summed E-state index contributed by atoms with van der Waals surface area (Å²) in [5.74, 6) is -1.62. The first-order valence-electron chi connectivity index (χ1n) is 7.53. The lowest BCUT2D eigenvalue weighted by molar-refractivity contribution is -0.152. The zero-order chi connectivity index (χ0) is 17.7. The van der Waals surface area contributed by atoms with Gasteiger partial charge in [0.15, 0.2) is 6.61 Å². The van der Waals surface area contributed by atoms with Gasteiger partial charge in [-0.1, -0.05) is 29.3 Å². The summed E-state index contributed by atoms with van der Waals surface area (Å²) in [6.45, 7) is 0.455. The molecule has 1 aliphatic heterocycles. The number of carbonyl (C=O) groups is 3. The molecule has 1 aromatic carbocycles. The van der Waals surface area contributed by atoms with E-state index in [0.29, 0.717) is 35.0 Å². The van der Waals surface area contributed by atoms with Crippen molar-refractivity contribution in [2.75, 3.05) is 19.7 Å². The van der Waals surface area contributed by atoms with E-state index in [-0.39, 0.29) is 31.4 Å². The molecular formula is C16H18Cl2N2O4. The molecule has 130 valence electrons. The fraction of sp³-hybridized carbons (Fsp3) is 0.438. The second-order valence-corrected chi connectivity index (χ2v) is 6.48. The molecule has 0 unspecified atom stereocenters. The highest BCUT2D eigenvalue weighted by Gasteiger charge is 2.27. The van der Waals surface area contributed by atoms with Gasteiger partial charge in [-0.3, -0.25) is 14.4 Å². The van der Waals surface area contributed by atoms with Crippen molar-refractivity contribution in [1.29, 1.82) is 0 Å². The molecule has 0 bridgehead atoms. The molecule has 0 spiro atoms. The van der Waals surface area contributed by atoms with Crippen LogP contribution in [0.3, 0.4) is 0 Å². The largest absolute Gasteiger partial charge is 0.455 e. The first kappa shape index (κ1) is 18.5. The third kappa shape index (κ3) is 5.11. The van der Waals surface area contributed by atoms with Gasteiger partial charge in [-0.2, -0.15) is 0 Å². The molecule has 2 N–H and O–H groups in total. The summed E-state index contributed by atoms with van der Waals surface area (Å²) in [5, 5.41) is 0.752. The summed E-state index contributed by atoms with van der Waals surface area (Å²) < 4.78 is 5.00. The van der Waals surface area contributed by atoms with E-state index < -0.39 is 11.9 Å². The van der Waals surface area contributed by atoms with E-state index in [2.05, 4.69) is 0 Å². The van der Waals surface area contributed by atoms with Crippen LogP contribution in [0.5, 0.6) is 0 Å². The SMILES string of the molecule is NC(=O)[C@H]1CCCN(C(=O)COC(=O)Cc2ccc(Cl)c(Cl)c2)C1. The summed E-state index contributed by atoms with van der Waals surface area (Å²) in [6.07, 6.45) is 1.38. The summed E-state index contributed by atoms with van der Waals surface area (Å²) in [5.41, 5.74) is 5.92. The Morgan fingerprint density at radius 3 is 2.67 bits per heavy atom. The molecule has 1 fully saturated rings. The van der Waals surface area contributed by atoms with Crippen LogP contribution in [0.1, 0.15) is 18.4 Å². The summed E-state index contributed by atoms with van der Waals surface area (Å²) >= 11 is 11.7. The maximum atomic E-state index is 12.1. The molecule has 0 saturated carbocycles. The summed E-state index contributed by atoms with van der Waals surface area (Å²) in [7, 11) is 0. The summed E-state index contributed by atoms with van der Waals surface area (Å²) in [6, 6.07) is 4.84. The van der Waals surface area contributed by atoms with Crippen molar-refractivity contribution in [3.63, 3.8) is 0 Å². The molecule has 0 aliphatic carbocycles. The van der Waals surface area contributed by atoms with Crippen molar-refractivity contribution in [3.8, 4) is 0 Å². The van der Waals surface area contributed by atoms with Gasteiger partial charge in [0.05, 0.1) is 22.4 Å². The molecule has 24 heavy (non-hydrogen) atoms. The van der Waals surface area contributed by atoms with Crippen LogP contribution in [0.25, 0.3) is 0 Å². The van der Waals surface area contributed by atoms with Crippen LogP contribution in [-0.4, -0.2) is 42.4 Å². The minimum Gasteiger partial charge on any atom is -0.455 e. The maximum absolute atomic E-state index is 12.1. The van der Waals surface area contributed by atoms with E-state index in [1.54, 1.807) is 18.2 Å². The lowest BCUT2D eigenvalue weighted by Crippen LogP contribution is -2.45. The molecule has 1 saturated heterocycles. The van der Waals surface area contributed by atoms with Gasteiger partial charge in [0.2, 0.25) is 5.91 Å². The Kier molecular flexibility index (Phi) is 6.45. The maximum Gasteiger partial charge on any atom is 0.310 e. The number of benzene rings is 1. The van der Waals surface area contributed by atoms with Gasteiger partial charge >= 0.3 is 5.97 Å². The van der Waals surface area contributed by atoms with E-state index >= 15 is 0 Å². The number of halogens is 2. The minimum absolute atomic E-state index is 0.00587. The van der Waals surface area contributed by atoms with Crippen LogP contribution in [-0.2, 0) is 25.5 Å². The third-order valence-corrected chi connectivity index (χ3v) is 4.60. The highest BCUT2D eigenvalue weighted by molar-refractivity contribution is 6.42. The molecule has 1 aliphatic rings. The number of esters is 1. The highest BCUT2D eigenvalue weighted by atomic mass is 35.5.